The minimum atomic E-state index is -0.0490. The van der Waals surface area contributed by atoms with Crippen LogP contribution in [0.2, 0.25) is 0 Å². The van der Waals surface area contributed by atoms with E-state index in [1.807, 2.05) is 6.92 Å². The van der Waals surface area contributed by atoms with Crippen LogP contribution in [0.15, 0.2) is 22.7 Å². The maximum absolute atomic E-state index is 6.28. The Hall–Kier alpha value is -0.540. The van der Waals surface area contributed by atoms with E-state index in [0.717, 1.165) is 28.3 Å². The summed E-state index contributed by atoms with van der Waals surface area (Å²) in [5.41, 5.74) is 2.23. The van der Waals surface area contributed by atoms with Crippen molar-refractivity contribution in [2.45, 2.75) is 44.5 Å². The molecule has 102 valence electrons. The molecule has 0 spiro atoms. The lowest BCUT2D eigenvalue weighted by Crippen LogP contribution is -2.05. The van der Waals surface area contributed by atoms with Crippen molar-refractivity contribution in [3.63, 3.8) is 0 Å². The van der Waals surface area contributed by atoms with Gasteiger partial charge >= 0.3 is 0 Å². The Morgan fingerprint density at radius 2 is 2.26 bits per heavy atom. The van der Waals surface area contributed by atoms with Crippen LogP contribution in [0.1, 0.15) is 43.8 Å². The third-order valence-corrected chi connectivity index (χ3v) is 4.48. The van der Waals surface area contributed by atoms with Crippen LogP contribution in [0.4, 0.5) is 0 Å². The summed E-state index contributed by atoms with van der Waals surface area (Å²) in [4.78, 5) is 4.69. The molecule has 1 heterocycles. The van der Waals surface area contributed by atoms with Crippen molar-refractivity contribution in [3.05, 3.63) is 28.5 Å². The predicted octanol–water partition coefficient (Wildman–Crippen LogP) is 5.29. The highest BCUT2D eigenvalue weighted by Crippen LogP contribution is 2.34. The van der Waals surface area contributed by atoms with Crippen molar-refractivity contribution >= 4 is 38.6 Å². The van der Waals surface area contributed by atoms with Gasteiger partial charge in [-0.05, 0) is 43.9 Å². The predicted molar refractivity (Wildman–Crippen MR) is 83.7 cm³/mol. The number of fused-ring (bicyclic) bond motifs is 1. The zero-order chi connectivity index (χ0) is 13.4. The molecule has 1 aliphatic rings. The van der Waals surface area contributed by atoms with Crippen LogP contribution in [0.25, 0.3) is 11.0 Å². The molecule has 0 N–H and O–H groups in total. The van der Waals surface area contributed by atoms with Crippen molar-refractivity contribution in [3.8, 4) is 0 Å². The molecule has 2 aromatic rings. The highest BCUT2D eigenvalue weighted by atomic mass is 79.9. The minimum absolute atomic E-state index is 0.0490. The second kappa shape index (κ2) is 5.45. The standard InChI is InChI=1S/C15H18BrClN2/c1-10(17)15-18-13-9-12(16)6-7-14(13)19(15)8-2-3-11-4-5-11/h6-7,9-11H,2-5,8H2,1H3. The van der Waals surface area contributed by atoms with E-state index >= 15 is 0 Å². The molecule has 1 aromatic heterocycles. The van der Waals surface area contributed by atoms with Gasteiger partial charge in [-0.25, -0.2) is 4.98 Å². The van der Waals surface area contributed by atoms with Gasteiger partial charge in [-0.1, -0.05) is 28.8 Å². The van der Waals surface area contributed by atoms with Crippen molar-refractivity contribution in [2.24, 2.45) is 5.92 Å². The number of hydrogen-bond donors (Lipinski definition) is 0. The van der Waals surface area contributed by atoms with Crippen LogP contribution in [0, 0.1) is 5.92 Å². The van der Waals surface area contributed by atoms with E-state index in [1.165, 1.54) is 31.2 Å². The number of imidazole rings is 1. The lowest BCUT2D eigenvalue weighted by atomic mass is 10.2. The van der Waals surface area contributed by atoms with E-state index in [4.69, 9.17) is 11.6 Å². The Kier molecular flexibility index (Phi) is 3.86. The molecule has 1 fully saturated rings. The summed E-state index contributed by atoms with van der Waals surface area (Å²) >= 11 is 9.78. The summed E-state index contributed by atoms with van der Waals surface area (Å²) in [5, 5.41) is -0.0490. The average Bonchev–Trinajstić information content (AvgIpc) is 3.11. The number of benzene rings is 1. The first kappa shape index (κ1) is 13.4. The number of rotatable bonds is 5. The van der Waals surface area contributed by atoms with Crippen LogP contribution in [0.5, 0.6) is 0 Å². The SMILES string of the molecule is CC(Cl)c1nc2cc(Br)ccc2n1CCCC1CC1. The van der Waals surface area contributed by atoms with Crippen LogP contribution in [-0.2, 0) is 6.54 Å². The molecule has 0 radical (unpaired) electrons. The first-order valence-electron chi connectivity index (χ1n) is 6.95. The van der Waals surface area contributed by atoms with Gasteiger partial charge in [-0.3, -0.25) is 0 Å². The van der Waals surface area contributed by atoms with E-state index in [1.54, 1.807) is 0 Å². The molecule has 19 heavy (non-hydrogen) atoms. The van der Waals surface area contributed by atoms with E-state index in [9.17, 15) is 0 Å². The number of alkyl halides is 1. The lowest BCUT2D eigenvalue weighted by molar-refractivity contribution is 0.569. The molecule has 1 unspecified atom stereocenters. The molecule has 3 rings (SSSR count). The normalized spacial score (nSPS) is 17.0. The van der Waals surface area contributed by atoms with Gasteiger partial charge in [-0.2, -0.15) is 0 Å². The molecule has 0 amide bonds. The molecule has 0 saturated heterocycles. The molecule has 4 heteroatoms. The van der Waals surface area contributed by atoms with Crippen molar-refractivity contribution in [1.82, 2.24) is 9.55 Å². The number of aromatic nitrogens is 2. The van der Waals surface area contributed by atoms with E-state index < -0.39 is 0 Å². The number of nitrogens with zero attached hydrogens (tertiary/aromatic N) is 2. The van der Waals surface area contributed by atoms with Crippen molar-refractivity contribution in [1.29, 1.82) is 0 Å². The molecular weight excluding hydrogens is 324 g/mol. The van der Waals surface area contributed by atoms with Gasteiger partial charge in [0.05, 0.1) is 16.4 Å². The monoisotopic (exact) mass is 340 g/mol. The zero-order valence-electron chi connectivity index (χ0n) is 11.1. The molecule has 1 aromatic carbocycles. The number of hydrogen-bond acceptors (Lipinski definition) is 1. The van der Waals surface area contributed by atoms with Gasteiger partial charge < -0.3 is 4.57 Å². The van der Waals surface area contributed by atoms with Gasteiger partial charge in [0, 0.05) is 11.0 Å². The summed E-state index contributed by atoms with van der Waals surface area (Å²) in [7, 11) is 0. The molecule has 1 atom stereocenters. The fourth-order valence-electron chi connectivity index (χ4n) is 2.60. The van der Waals surface area contributed by atoms with Crippen LogP contribution in [-0.4, -0.2) is 9.55 Å². The van der Waals surface area contributed by atoms with Crippen LogP contribution >= 0.6 is 27.5 Å². The molecule has 1 saturated carbocycles. The third-order valence-electron chi connectivity index (χ3n) is 3.79. The van der Waals surface area contributed by atoms with Gasteiger partial charge in [0.15, 0.2) is 0 Å². The quantitative estimate of drug-likeness (QED) is 0.676. The first-order chi connectivity index (χ1) is 9.15. The van der Waals surface area contributed by atoms with Gasteiger partial charge in [0.2, 0.25) is 0 Å². The maximum Gasteiger partial charge on any atom is 0.127 e. The molecule has 2 nitrogen and oxygen atoms in total. The third kappa shape index (κ3) is 2.97. The molecular formula is C15H18BrClN2. The van der Waals surface area contributed by atoms with E-state index in [0.29, 0.717) is 0 Å². The fourth-order valence-corrected chi connectivity index (χ4v) is 3.12. The average molecular weight is 342 g/mol. The van der Waals surface area contributed by atoms with Crippen LogP contribution < -0.4 is 0 Å². The summed E-state index contributed by atoms with van der Waals surface area (Å²) in [5.74, 6) is 1.98. The molecule has 0 aliphatic heterocycles. The Morgan fingerprint density at radius 3 is 2.95 bits per heavy atom. The minimum Gasteiger partial charge on any atom is -0.327 e. The topological polar surface area (TPSA) is 17.8 Å². The van der Waals surface area contributed by atoms with Crippen molar-refractivity contribution in [2.75, 3.05) is 0 Å². The molecule has 0 bridgehead atoms. The summed E-state index contributed by atoms with van der Waals surface area (Å²) in [6.07, 6.45) is 5.42. The van der Waals surface area contributed by atoms with Crippen LogP contribution in [0.3, 0.4) is 0 Å². The summed E-state index contributed by atoms with van der Waals surface area (Å²) < 4.78 is 3.36. The smallest absolute Gasteiger partial charge is 0.127 e. The maximum atomic E-state index is 6.28. The van der Waals surface area contributed by atoms with Gasteiger partial charge in [0.1, 0.15) is 5.82 Å². The highest BCUT2D eigenvalue weighted by molar-refractivity contribution is 9.10. The number of aryl methyl sites for hydroxylation is 1. The lowest BCUT2D eigenvalue weighted by Gasteiger charge is -2.10. The highest BCUT2D eigenvalue weighted by Gasteiger charge is 2.21. The Labute approximate surface area is 127 Å². The van der Waals surface area contributed by atoms with E-state index in [-0.39, 0.29) is 5.38 Å². The Morgan fingerprint density at radius 1 is 1.47 bits per heavy atom. The second-order valence-corrected chi connectivity index (χ2v) is 7.03. The zero-order valence-corrected chi connectivity index (χ0v) is 13.4. The molecule has 1 aliphatic carbocycles. The van der Waals surface area contributed by atoms with E-state index in [2.05, 4.69) is 43.7 Å². The Bertz CT molecular complexity index is 587. The second-order valence-electron chi connectivity index (χ2n) is 5.46. The number of halogens is 2. The van der Waals surface area contributed by atoms with Crippen molar-refractivity contribution < 1.29 is 0 Å². The Balaban J connectivity index is 1.90. The largest absolute Gasteiger partial charge is 0.327 e. The fraction of sp³-hybridized carbons (Fsp3) is 0.533. The van der Waals surface area contributed by atoms with Gasteiger partial charge in [-0.15, -0.1) is 11.6 Å². The summed E-state index contributed by atoms with van der Waals surface area (Å²) in [6.45, 7) is 3.02. The summed E-state index contributed by atoms with van der Waals surface area (Å²) in [6, 6.07) is 6.27. The first-order valence-corrected chi connectivity index (χ1v) is 8.18. The van der Waals surface area contributed by atoms with Gasteiger partial charge in [0.25, 0.3) is 0 Å².